The molecule has 0 amide bonds. The number of hydrogen-bond acceptors (Lipinski definition) is 3. The number of allylic oxidation sites excluding steroid dienone is 8. The lowest BCUT2D eigenvalue weighted by Gasteiger charge is -2.33. The van der Waals surface area contributed by atoms with E-state index in [0.717, 1.165) is 29.3 Å². The first kappa shape index (κ1) is 21.8. The van der Waals surface area contributed by atoms with Gasteiger partial charge >= 0.3 is 0 Å². The Hall–Kier alpha value is -0.950. The van der Waals surface area contributed by atoms with Crippen molar-refractivity contribution < 1.29 is 13.5 Å². The van der Waals surface area contributed by atoms with Crippen molar-refractivity contribution in [3.8, 4) is 0 Å². The second-order valence-electron chi connectivity index (χ2n) is 7.90. The van der Waals surface area contributed by atoms with Crippen LogP contribution in [0.5, 0.6) is 0 Å². The van der Waals surface area contributed by atoms with Crippen molar-refractivity contribution in [2.24, 2.45) is 11.8 Å². The average molecular weight is 468 g/mol. The standard InChI is InChI=1S/C22H30BrNO3S/c1-3-18(23)8-4-5-14-24(21-15-17-11-13-20(21)22(17)25)28(26,27)19-9-6-7-16(2)10-12-19/h3-4,7-10,12,17,20-22,25H,5-6,11,13-15H2,1-2H3/b8-4-,18-3+. The van der Waals surface area contributed by atoms with Crippen LogP contribution >= 0.6 is 15.9 Å². The van der Waals surface area contributed by atoms with E-state index in [0.29, 0.717) is 24.3 Å². The van der Waals surface area contributed by atoms with Crippen LogP contribution in [-0.4, -0.2) is 36.5 Å². The summed E-state index contributed by atoms with van der Waals surface area (Å²) < 4.78 is 29.8. The van der Waals surface area contributed by atoms with Crippen LogP contribution in [0.4, 0.5) is 0 Å². The second kappa shape index (κ2) is 9.24. The summed E-state index contributed by atoms with van der Waals surface area (Å²) in [6.07, 6.45) is 16.9. The first-order valence-corrected chi connectivity index (χ1v) is 12.3. The molecule has 2 bridgehead atoms. The van der Waals surface area contributed by atoms with Crippen LogP contribution < -0.4 is 0 Å². The monoisotopic (exact) mass is 467 g/mol. The van der Waals surface area contributed by atoms with E-state index in [9.17, 15) is 13.5 Å². The maximum Gasteiger partial charge on any atom is 0.243 e. The molecule has 3 rings (SSSR count). The molecule has 0 spiro atoms. The van der Waals surface area contributed by atoms with Gasteiger partial charge in [-0.15, -0.1) is 0 Å². The van der Waals surface area contributed by atoms with Crippen molar-refractivity contribution in [1.29, 1.82) is 0 Å². The lowest BCUT2D eigenvalue weighted by Crippen LogP contribution is -2.44. The van der Waals surface area contributed by atoms with Crippen LogP contribution in [0, 0.1) is 11.8 Å². The summed E-state index contributed by atoms with van der Waals surface area (Å²) in [7, 11) is -3.60. The van der Waals surface area contributed by atoms with Crippen LogP contribution in [0.25, 0.3) is 0 Å². The van der Waals surface area contributed by atoms with Gasteiger partial charge in [0, 0.05) is 23.0 Å². The van der Waals surface area contributed by atoms with Gasteiger partial charge in [0.25, 0.3) is 0 Å². The quantitative estimate of drug-likeness (QED) is 0.546. The Bertz CT molecular complexity index is 838. The van der Waals surface area contributed by atoms with E-state index in [2.05, 4.69) is 15.9 Å². The zero-order chi connectivity index (χ0) is 20.3. The maximum absolute atomic E-state index is 13.6. The highest BCUT2D eigenvalue weighted by molar-refractivity contribution is 9.11. The van der Waals surface area contributed by atoms with Crippen LogP contribution in [0.2, 0.25) is 0 Å². The second-order valence-corrected chi connectivity index (χ2v) is 10.7. The van der Waals surface area contributed by atoms with E-state index in [1.54, 1.807) is 16.5 Å². The summed E-state index contributed by atoms with van der Waals surface area (Å²) in [5.74, 6) is 0.296. The van der Waals surface area contributed by atoms with Gasteiger partial charge in [-0.2, -0.15) is 4.31 Å². The molecule has 0 saturated heterocycles. The van der Waals surface area contributed by atoms with Gasteiger partial charge < -0.3 is 5.11 Å². The molecule has 3 aliphatic carbocycles. The molecule has 1 N–H and O–H groups in total. The summed E-state index contributed by atoms with van der Waals surface area (Å²) in [5.41, 5.74) is 1.07. The van der Waals surface area contributed by atoms with E-state index >= 15 is 0 Å². The van der Waals surface area contributed by atoms with Gasteiger partial charge in [-0.1, -0.05) is 58.0 Å². The Balaban J connectivity index is 1.84. The summed E-state index contributed by atoms with van der Waals surface area (Å²) >= 11 is 3.45. The number of fused-ring (bicyclic) bond motifs is 2. The van der Waals surface area contributed by atoms with E-state index < -0.39 is 10.0 Å². The first-order chi connectivity index (χ1) is 13.3. The maximum atomic E-state index is 13.6. The lowest BCUT2D eigenvalue weighted by atomic mass is 9.95. The Kier molecular flexibility index (Phi) is 7.18. The van der Waals surface area contributed by atoms with Gasteiger partial charge in [-0.3, -0.25) is 0 Å². The average Bonchev–Trinajstić information content (AvgIpc) is 3.06. The smallest absolute Gasteiger partial charge is 0.243 e. The molecule has 0 heterocycles. The zero-order valence-corrected chi connectivity index (χ0v) is 19.0. The molecule has 4 nitrogen and oxygen atoms in total. The fraction of sp³-hybridized carbons (Fsp3) is 0.545. The molecule has 4 unspecified atom stereocenters. The van der Waals surface area contributed by atoms with E-state index in [1.165, 1.54) is 0 Å². The van der Waals surface area contributed by atoms with Gasteiger partial charge in [-0.05, 0) is 57.9 Å². The minimum Gasteiger partial charge on any atom is -0.392 e. The Morgan fingerprint density at radius 3 is 2.75 bits per heavy atom. The summed E-state index contributed by atoms with van der Waals surface area (Å²) in [6, 6.07) is -0.107. The molecular weight excluding hydrogens is 438 g/mol. The summed E-state index contributed by atoms with van der Waals surface area (Å²) in [6.45, 7) is 4.36. The van der Waals surface area contributed by atoms with Crippen molar-refractivity contribution in [2.75, 3.05) is 6.54 Å². The molecule has 0 aromatic carbocycles. The molecule has 2 fully saturated rings. The lowest BCUT2D eigenvalue weighted by molar-refractivity contribution is 0.116. The zero-order valence-electron chi connectivity index (χ0n) is 16.6. The number of halogens is 1. The molecule has 2 saturated carbocycles. The highest BCUT2D eigenvalue weighted by Crippen LogP contribution is 2.48. The topological polar surface area (TPSA) is 57.6 Å². The van der Waals surface area contributed by atoms with Crippen LogP contribution in [0.15, 0.2) is 57.5 Å². The van der Waals surface area contributed by atoms with E-state index in [-0.39, 0.29) is 24.0 Å². The molecule has 0 radical (unpaired) electrons. The predicted molar refractivity (Wildman–Crippen MR) is 118 cm³/mol. The van der Waals surface area contributed by atoms with Crippen LogP contribution in [-0.2, 0) is 10.0 Å². The number of hydrogen-bond donors (Lipinski definition) is 1. The van der Waals surface area contributed by atoms with Gasteiger partial charge in [-0.25, -0.2) is 8.42 Å². The third-order valence-corrected chi connectivity index (χ3v) is 8.84. The molecule has 6 heteroatoms. The number of aliphatic hydroxyl groups is 1. The summed E-state index contributed by atoms with van der Waals surface area (Å²) in [5, 5.41) is 10.5. The molecule has 0 aliphatic heterocycles. The van der Waals surface area contributed by atoms with Crippen molar-refractivity contribution >= 4 is 26.0 Å². The molecule has 0 aromatic rings. The fourth-order valence-corrected chi connectivity index (χ4v) is 6.54. The highest BCUT2D eigenvalue weighted by Gasteiger charge is 2.51. The molecule has 0 aromatic heterocycles. The number of nitrogens with zero attached hydrogens (tertiary/aromatic N) is 1. The van der Waals surface area contributed by atoms with Crippen molar-refractivity contribution in [3.63, 3.8) is 0 Å². The third-order valence-electron chi connectivity index (χ3n) is 6.15. The minimum absolute atomic E-state index is 0.0567. The van der Waals surface area contributed by atoms with E-state index in [1.807, 2.05) is 44.2 Å². The normalized spacial score (nSPS) is 30.8. The van der Waals surface area contributed by atoms with Crippen molar-refractivity contribution in [3.05, 3.63) is 57.5 Å². The molecule has 28 heavy (non-hydrogen) atoms. The number of aliphatic hydroxyl groups excluding tert-OH is 1. The molecule has 3 aliphatic rings. The molecule has 154 valence electrons. The third kappa shape index (κ3) is 4.61. The van der Waals surface area contributed by atoms with E-state index in [4.69, 9.17) is 0 Å². The Morgan fingerprint density at radius 1 is 1.32 bits per heavy atom. The predicted octanol–water partition coefficient (Wildman–Crippen LogP) is 4.81. The SMILES string of the molecule is C/C=C(Br)\C=C/CCN(C1CC2CCC1C2O)S(=O)(=O)C1=CCC=C(C)C=C1. The largest absolute Gasteiger partial charge is 0.392 e. The van der Waals surface area contributed by atoms with Gasteiger partial charge in [0.2, 0.25) is 10.0 Å². The van der Waals surface area contributed by atoms with Crippen LogP contribution in [0.1, 0.15) is 46.0 Å². The Labute approximate surface area is 177 Å². The van der Waals surface area contributed by atoms with Gasteiger partial charge in [0.1, 0.15) is 0 Å². The molecular formula is C22H30BrNO3S. The summed E-state index contributed by atoms with van der Waals surface area (Å²) in [4.78, 5) is 0.372. The number of rotatable bonds is 7. The molecule has 4 atom stereocenters. The van der Waals surface area contributed by atoms with Gasteiger partial charge in [0.05, 0.1) is 11.0 Å². The minimum atomic E-state index is -3.60. The van der Waals surface area contributed by atoms with Crippen LogP contribution in [0.3, 0.4) is 0 Å². The van der Waals surface area contributed by atoms with Crippen molar-refractivity contribution in [2.45, 2.75) is 58.1 Å². The number of sulfonamides is 1. The van der Waals surface area contributed by atoms with Crippen molar-refractivity contribution in [1.82, 2.24) is 4.31 Å². The fourth-order valence-electron chi connectivity index (χ4n) is 4.59. The Morgan fingerprint density at radius 2 is 2.11 bits per heavy atom. The van der Waals surface area contributed by atoms with Gasteiger partial charge in [0.15, 0.2) is 0 Å². The first-order valence-electron chi connectivity index (χ1n) is 10.1. The highest BCUT2D eigenvalue weighted by atomic mass is 79.9.